The van der Waals surface area contributed by atoms with E-state index < -0.39 is 0 Å². The Morgan fingerprint density at radius 3 is 2.87 bits per heavy atom. The predicted molar refractivity (Wildman–Crippen MR) is 70.7 cm³/mol. The summed E-state index contributed by atoms with van der Waals surface area (Å²) in [5.41, 5.74) is 2.34. The summed E-state index contributed by atoms with van der Waals surface area (Å²) in [5, 5.41) is 3.36. The highest BCUT2D eigenvalue weighted by Crippen LogP contribution is 2.13. The van der Waals surface area contributed by atoms with Crippen molar-refractivity contribution >= 4 is 28.3 Å². The van der Waals surface area contributed by atoms with E-state index in [0.29, 0.717) is 0 Å². The van der Waals surface area contributed by atoms with Gasteiger partial charge in [0.05, 0.1) is 0 Å². The van der Waals surface area contributed by atoms with E-state index in [2.05, 4.69) is 57.2 Å². The average molecular weight is 310 g/mol. The largest absolute Gasteiger partial charge is 0.381 e. The van der Waals surface area contributed by atoms with E-state index in [1.807, 2.05) is 18.3 Å². The molecule has 0 spiro atoms. The summed E-state index contributed by atoms with van der Waals surface area (Å²) in [6.07, 6.45) is 3.66. The normalized spacial score (nSPS) is 9.93. The molecule has 2 rings (SSSR count). The molecule has 0 bridgehead atoms. The van der Waals surface area contributed by atoms with Gasteiger partial charge in [-0.15, -0.1) is 0 Å². The van der Waals surface area contributed by atoms with Crippen molar-refractivity contribution in [3.05, 3.63) is 57.9 Å². The number of halogens is 1. The van der Waals surface area contributed by atoms with Crippen molar-refractivity contribution in [1.29, 1.82) is 0 Å². The molecule has 15 heavy (non-hydrogen) atoms. The molecule has 0 amide bonds. The van der Waals surface area contributed by atoms with Crippen molar-refractivity contribution in [3.8, 4) is 0 Å². The minimum Gasteiger partial charge on any atom is -0.381 e. The summed E-state index contributed by atoms with van der Waals surface area (Å²) in [6, 6.07) is 12.3. The molecule has 0 aliphatic heterocycles. The third-order valence-corrected chi connectivity index (χ3v) is 2.72. The summed E-state index contributed by atoms with van der Waals surface area (Å²) < 4.78 is 1.24. The zero-order valence-corrected chi connectivity index (χ0v) is 10.3. The van der Waals surface area contributed by atoms with Crippen LogP contribution < -0.4 is 5.32 Å². The van der Waals surface area contributed by atoms with Crippen LogP contribution >= 0.6 is 22.6 Å². The molecule has 0 aliphatic rings. The highest BCUT2D eigenvalue weighted by molar-refractivity contribution is 14.1. The molecule has 0 saturated heterocycles. The van der Waals surface area contributed by atoms with E-state index >= 15 is 0 Å². The number of hydrogen-bond donors (Lipinski definition) is 1. The second-order valence-electron chi connectivity index (χ2n) is 3.23. The van der Waals surface area contributed by atoms with Crippen LogP contribution in [0.25, 0.3) is 0 Å². The van der Waals surface area contributed by atoms with Crippen molar-refractivity contribution in [1.82, 2.24) is 4.98 Å². The van der Waals surface area contributed by atoms with Gasteiger partial charge in [-0.05, 0) is 52.4 Å². The number of pyridine rings is 1. The third-order valence-electron chi connectivity index (χ3n) is 2.04. The molecule has 2 nitrogen and oxygen atoms in total. The molecular formula is C12H11IN2. The number of benzene rings is 1. The highest BCUT2D eigenvalue weighted by Gasteiger charge is 1.94. The summed E-state index contributed by atoms with van der Waals surface area (Å²) in [6.45, 7) is 0.813. The smallest absolute Gasteiger partial charge is 0.0416 e. The topological polar surface area (TPSA) is 24.9 Å². The van der Waals surface area contributed by atoms with Crippen LogP contribution in [0, 0.1) is 3.57 Å². The molecule has 2 aromatic rings. The summed E-state index contributed by atoms with van der Waals surface area (Å²) in [4.78, 5) is 4.07. The SMILES string of the molecule is Ic1cccc(NCc2cccnc2)c1. The van der Waals surface area contributed by atoms with Gasteiger partial charge in [0, 0.05) is 28.2 Å². The molecule has 0 fully saturated rings. The Balaban J connectivity index is 1.99. The molecule has 0 radical (unpaired) electrons. The van der Waals surface area contributed by atoms with Crippen molar-refractivity contribution in [2.75, 3.05) is 5.32 Å². The number of anilines is 1. The molecule has 1 aromatic carbocycles. The predicted octanol–water partition coefficient (Wildman–Crippen LogP) is 3.30. The first-order valence-corrected chi connectivity index (χ1v) is 5.81. The van der Waals surface area contributed by atoms with E-state index in [-0.39, 0.29) is 0 Å². The maximum absolute atomic E-state index is 4.07. The third kappa shape index (κ3) is 3.20. The van der Waals surface area contributed by atoms with Crippen LogP contribution in [-0.4, -0.2) is 4.98 Å². The maximum atomic E-state index is 4.07. The van der Waals surface area contributed by atoms with Gasteiger partial charge in [0.2, 0.25) is 0 Å². The zero-order valence-electron chi connectivity index (χ0n) is 8.15. The van der Waals surface area contributed by atoms with Crippen LogP contribution in [0.15, 0.2) is 48.8 Å². The van der Waals surface area contributed by atoms with Crippen LogP contribution in [0.3, 0.4) is 0 Å². The second kappa shape index (κ2) is 5.11. The molecular weight excluding hydrogens is 299 g/mol. The summed E-state index contributed by atoms with van der Waals surface area (Å²) in [5.74, 6) is 0. The van der Waals surface area contributed by atoms with Crippen LogP contribution in [-0.2, 0) is 6.54 Å². The first-order chi connectivity index (χ1) is 7.34. The molecule has 76 valence electrons. The maximum Gasteiger partial charge on any atom is 0.0416 e. The van der Waals surface area contributed by atoms with Crippen molar-refractivity contribution in [2.24, 2.45) is 0 Å². The number of aromatic nitrogens is 1. The molecule has 0 atom stereocenters. The van der Waals surface area contributed by atoms with E-state index in [0.717, 1.165) is 12.2 Å². The average Bonchev–Trinajstić information content (AvgIpc) is 2.28. The second-order valence-corrected chi connectivity index (χ2v) is 4.47. The Kier molecular flexibility index (Phi) is 3.55. The fourth-order valence-electron chi connectivity index (χ4n) is 1.31. The number of hydrogen-bond acceptors (Lipinski definition) is 2. The molecule has 3 heteroatoms. The lowest BCUT2D eigenvalue weighted by Gasteiger charge is -2.06. The molecule has 1 N–H and O–H groups in total. The van der Waals surface area contributed by atoms with Crippen LogP contribution in [0.4, 0.5) is 5.69 Å². The lowest BCUT2D eigenvalue weighted by molar-refractivity contribution is 1.11. The number of nitrogens with zero attached hydrogens (tertiary/aromatic N) is 1. The van der Waals surface area contributed by atoms with Gasteiger partial charge in [0.1, 0.15) is 0 Å². The summed E-state index contributed by atoms with van der Waals surface area (Å²) >= 11 is 2.31. The minimum atomic E-state index is 0.813. The lowest BCUT2D eigenvalue weighted by atomic mass is 10.2. The Bertz CT molecular complexity index is 429. The molecule has 0 saturated carbocycles. The van der Waals surface area contributed by atoms with Crippen LogP contribution in [0.2, 0.25) is 0 Å². The van der Waals surface area contributed by atoms with Gasteiger partial charge < -0.3 is 5.32 Å². The molecule has 1 aromatic heterocycles. The van der Waals surface area contributed by atoms with Crippen molar-refractivity contribution in [3.63, 3.8) is 0 Å². The fraction of sp³-hybridized carbons (Fsp3) is 0.0833. The number of rotatable bonds is 3. The molecule has 1 heterocycles. The van der Waals surface area contributed by atoms with Gasteiger partial charge in [-0.25, -0.2) is 0 Å². The zero-order chi connectivity index (χ0) is 10.5. The molecule has 0 aliphatic carbocycles. The lowest BCUT2D eigenvalue weighted by Crippen LogP contribution is -1.99. The Labute approximate surface area is 103 Å². The van der Waals surface area contributed by atoms with E-state index in [9.17, 15) is 0 Å². The molecule has 0 unspecified atom stereocenters. The van der Waals surface area contributed by atoms with Gasteiger partial charge >= 0.3 is 0 Å². The Hall–Kier alpha value is -1.10. The Morgan fingerprint density at radius 2 is 2.13 bits per heavy atom. The van der Waals surface area contributed by atoms with E-state index in [1.165, 1.54) is 9.13 Å². The minimum absolute atomic E-state index is 0.813. The number of nitrogens with one attached hydrogen (secondary N) is 1. The fourth-order valence-corrected chi connectivity index (χ4v) is 1.85. The van der Waals surface area contributed by atoms with Gasteiger partial charge in [-0.2, -0.15) is 0 Å². The van der Waals surface area contributed by atoms with E-state index in [4.69, 9.17) is 0 Å². The first kappa shape index (κ1) is 10.4. The van der Waals surface area contributed by atoms with Gasteiger partial charge in [-0.1, -0.05) is 12.1 Å². The summed E-state index contributed by atoms with van der Waals surface area (Å²) in [7, 11) is 0. The quantitative estimate of drug-likeness (QED) is 0.880. The van der Waals surface area contributed by atoms with Gasteiger partial charge in [0.15, 0.2) is 0 Å². The van der Waals surface area contributed by atoms with Crippen LogP contribution in [0.5, 0.6) is 0 Å². The standard InChI is InChI=1S/C12H11IN2/c13-11-4-1-5-12(7-11)15-9-10-3-2-6-14-8-10/h1-8,15H,9H2. The van der Waals surface area contributed by atoms with Gasteiger partial charge in [-0.3, -0.25) is 4.98 Å². The Morgan fingerprint density at radius 1 is 1.20 bits per heavy atom. The van der Waals surface area contributed by atoms with Crippen molar-refractivity contribution < 1.29 is 0 Å². The van der Waals surface area contributed by atoms with Crippen molar-refractivity contribution in [2.45, 2.75) is 6.54 Å². The first-order valence-electron chi connectivity index (χ1n) is 4.73. The highest BCUT2D eigenvalue weighted by atomic mass is 127. The van der Waals surface area contributed by atoms with Crippen LogP contribution in [0.1, 0.15) is 5.56 Å². The van der Waals surface area contributed by atoms with E-state index in [1.54, 1.807) is 6.20 Å². The van der Waals surface area contributed by atoms with Gasteiger partial charge in [0.25, 0.3) is 0 Å². The monoisotopic (exact) mass is 310 g/mol.